The fourth-order valence-corrected chi connectivity index (χ4v) is 1.13. The van der Waals surface area contributed by atoms with Gasteiger partial charge in [-0.2, -0.15) is 0 Å². The van der Waals surface area contributed by atoms with Crippen LogP contribution in [-0.4, -0.2) is 18.3 Å². The Balaban J connectivity index is 2.67. The van der Waals surface area contributed by atoms with Crippen molar-refractivity contribution in [3.63, 3.8) is 0 Å². The number of benzene rings is 1. The summed E-state index contributed by atoms with van der Waals surface area (Å²) in [5.41, 5.74) is 6.10. The van der Waals surface area contributed by atoms with Crippen molar-refractivity contribution in [3.05, 3.63) is 29.6 Å². The lowest BCUT2D eigenvalue weighted by Crippen LogP contribution is -2.13. The first-order valence-electron chi connectivity index (χ1n) is 4.89. The summed E-state index contributed by atoms with van der Waals surface area (Å²) in [5, 5.41) is 8.82. The molecule has 0 aromatic heterocycles. The summed E-state index contributed by atoms with van der Waals surface area (Å²) in [6.07, 6.45) is 0. The summed E-state index contributed by atoms with van der Waals surface area (Å²) in [5.74, 6) is 0.317. The molecule has 0 spiro atoms. The van der Waals surface area contributed by atoms with Crippen LogP contribution in [0.5, 0.6) is 5.75 Å². The minimum Gasteiger partial charge on any atom is -0.493 e. The zero-order valence-corrected chi connectivity index (χ0v) is 8.74. The minimum atomic E-state index is -0.321. The Morgan fingerprint density at radius 1 is 1.53 bits per heavy atom. The van der Waals surface area contributed by atoms with E-state index in [0.717, 1.165) is 0 Å². The lowest BCUT2D eigenvalue weighted by molar-refractivity contribution is 0.173. The van der Waals surface area contributed by atoms with Gasteiger partial charge in [0, 0.05) is 24.6 Å². The fraction of sp³-hybridized carbons (Fsp3) is 0.455. The third kappa shape index (κ3) is 3.49. The number of aliphatic hydroxyl groups excluding tert-OH is 1. The molecule has 0 bridgehead atoms. The third-order valence-corrected chi connectivity index (χ3v) is 2.08. The van der Waals surface area contributed by atoms with E-state index in [9.17, 15) is 4.39 Å². The molecule has 84 valence electrons. The highest BCUT2D eigenvalue weighted by Gasteiger charge is 2.06. The molecule has 0 radical (unpaired) electrons. The number of hydrogen-bond donors (Lipinski definition) is 2. The molecule has 0 saturated carbocycles. The minimum absolute atomic E-state index is 0.0562. The second kappa shape index (κ2) is 5.68. The first-order valence-corrected chi connectivity index (χ1v) is 4.89. The maximum atomic E-state index is 12.8. The van der Waals surface area contributed by atoms with Gasteiger partial charge in [-0.1, -0.05) is 6.92 Å². The lowest BCUT2D eigenvalue weighted by atomic mass is 10.2. The third-order valence-electron chi connectivity index (χ3n) is 2.08. The van der Waals surface area contributed by atoms with Crippen LogP contribution in [0.1, 0.15) is 12.5 Å². The molecule has 1 unspecified atom stereocenters. The maximum absolute atomic E-state index is 12.8. The van der Waals surface area contributed by atoms with Crippen molar-refractivity contribution in [2.45, 2.75) is 13.5 Å². The van der Waals surface area contributed by atoms with Crippen LogP contribution in [0.3, 0.4) is 0 Å². The SMILES string of the molecule is CC(CO)COc1ccc(F)cc1CN. The van der Waals surface area contributed by atoms with Crippen LogP contribution in [-0.2, 0) is 6.54 Å². The van der Waals surface area contributed by atoms with Crippen molar-refractivity contribution in [3.8, 4) is 5.75 Å². The molecule has 3 nitrogen and oxygen atoms in total. The average Bonchev–Trinajstić information content (AvgIpc) is 2.26. The monoisotopic (exact) mass is 213 g/mol. The molecule has 1 rings (SSSR count). The highest BCUT2D eigenvalue weighted by Crippen LogP contribution is 2.19. The van der Waals surface area contributed by atoms with Crippen molar-refractivity contribution in [1.82, 2.24) is 0 Å². The Morgan fingerprint density at radius 3 is 2.87 bits per heavy atom. The van der Waals surface area contributed by atoms with Gasteiger partial charge in [0.05, 0.1) is 6.61 Å². The number of rotatable bonds is 5. The van der Waals surface area contributed by atoms with Crippen molar-refractivity contribution in [1.29, 1.82) is 0 Å². The predicted molar refractivity (Wildman–Crippen MR) is 56.0 cm³/mol. The summed E-state index contributed by atoms with van der Waals surface area (Å²) in [4.78, 5) is 0. The van der Waals surface area contributed by atoms with E-state index in [2.05, 4.69) is 0 Å². The van der Waals surface area contributed by atoms with Gasteiger partial charge in [-0.15, -0.1) is 0 Å². The molecule has 0 aliphatic carbocycles. The number of aliphatic hydroxyl groups is 1. The smallest absolute Gasteiger partial charge is 0.123 e. The Hall–Kier alpha value is -1.13. The lowest BCUT2D eigenvalue weighted by Gasteiger charge is -2.13. The second-order valence-electron chi connectivity index (χ2n) is 3.55. The average molecular weight is 213 g/mol. The maximum Gasteiger partial charge on any atom is 0.123 e. The van der Waals surface area contributed by atoms with E-state index in [1.807, 2.05) is 6.92 Å². The number of ether oxygens (including phenoxy) is 1. The van der Waals surface area contributed by atoms with E-state index in [0.29, 0.717) is 17.9 Å². The number of nitrogens with two attached hydrogens (primary N) is 1. The highest BCUT2D eigenvalue weighted by atomic mass is 19.1. The van der Waals surface area contributed by atoms with Crippen molar-refractivity contribution in [2.75, 3.05) is 13.2 Å². The van der Waals surface area contributed by atoms with Gasteiger partial charge in [0.25, 0.3) is 0 Å². The number of halogens is 1. The molecule has 0 amide bonds. The van der Waals surface area contributed by atoms with Crippen LogP contribution in [0.4, 0.5) is 4.39 Å². The Bertz CT molecular complexity index is 317. The molecule has 4 heteroatoms. The zero-order valence-electron chi connectivity index (χ0n) is 8.74. The quantitative estimate of drug-likeness (QED) is 0.775. The molecule has 0 aliphatic rings. The van der Waals surface area contributed by atoms with Crippen LogP contribution >= 0.6 is 0 Å². The standard InChI is InChI=1S/C11H16FNO2/c1-8(6-14)7-15-11-3-2-10(12)4-9(11)5-13/h2-4,8,14H,5-7,13H2,1H3. The van der Waals surface area contributed by atoms with Gasteiger partial charge in [-0.25, -0.2) is 4.39 Å². The van der Waals surface area contributed by atoms with E-state index in [-0.39, 0.29) is 24.9 Å². The van der Waals surface area contributed by atoms with Crippen LogP contribution in [0.15, 0.2) is 18.2 Å². The topological polar surface area (TPSA) is 55.5 Å². The zero-order chi connectivity index (χ0) is 11.3. The van der Waals surface area contributed by atoms with E-state index in [1.165, 1.54) is 12.1 Å². The van der Waals surface area contributed by atoms with Gasteiger partial charge in [-0.05, 0) is 18.2 Å². The molecule has 3 N–H and O–H groups in total. The van der Waals surface area contributed by atoms with Gasteiger partial charge in [0.2, 0.25) is 0 Å². The highest BCUT2D eigenvalue weighted by molar-refractivity contribution is 5.33. The first-order chi connectivity index (χ1) is 7.17. The first kappa shape index (κ1) is 11.9. The molecule has 0 saturated heterocycles. The molecular formula is C11H16FNO2. The van der Waals surface area contributed by atoms with Gasteiger partial charge in [-0.3, -0.25) is 0 Å². The van der Waals surface area contributed by atoms with Gasteiger partial charge >= 0.3 is 0 Å². The Kier molecular flexibility index (Phi) is 4.52. The van der Waals surface area contributed by atoms with Crippen LogP contribution in [0.2, 0.25) is 0 Å². The van der Waals surface area contributed by atoms with E-state index >= 15 is 0 Å². The van der Waals surface area contributed by atoms with E-state index in [4.69, 9.17) is 15.6 Å². The van der Waals surface area contributed by atoms with Gasteiger partial charge in [0.15, 0.2) is 0 Å². The van der Waals surface area contributed by atoms with Crippen molar-refractivity contribution in [2.24, 2.45) is 11.7 Å². The predicted octanol–water partition coefficient (Wildman–Crippen LogP) is 1.29. The summed E-state index contributed by atoms with van der Waals surface area (Å²) in [6.45, 7) is 2.57. The van der Waals surface area contributed by atoms with Crippen LogP contribution in [0.25, 0.3) is 0 Å². The fourth-order valence-electron chi connectivity index (χ4n) is 1.13. The largest absolute Gasteiger partial charge is 0.493 e. The normalized spacial score (nSPS) is 12.5. The molecule has 0 heterocycles. The summed E-state index contributed by atoms with van der Waals surface area (Å²) < 4.78 is 18.3. The molecule has 0 fully saturated rings. The summed E-state index contributed by atoms with van der Waals surface area (Å²) in [7, 11) is 0. The van der Waals surface area contributed by atoms with Gasteiger partial charge < -0.3 is 15.6 Å². The van der Waals surface area contributed by atoms with Gasteiger partial charge in [0.1, 0.15) is 11.6 Å². The number of hydrogen-bond acceptors (Lipinski definition) is 3. The molecule has 0 aliphatic heterocycles. The second-order valence-corrected chi connectivity index (χ2v) is 3.55. The summed E-state index contributed by atoms with van der Waals surface area (Å²) >= 11 is 0. The van der Waals surface area contributed by atoms with E-state index < -0.39 is 0 Å². The molecule has 1 aromatic carbocycles. The van der Waals surface area contributed by atoms with Crippen molar-refractivity contribution >= 4 is 0 Å². The molecular weight excluding hydrogens is 197 g/mol. The van der Waals surface area contributed by atoms with E-state index in [1.54, 1.807) is 6.07 Å². The Labute approximate surface area is 88.7 Å². The summed E-state index contributed by atoms with van der Waals surface area (Å²) in [6, 6.07) is 4.25. The molecule has 1 aromatic rings. The van der Waals surface area contributed by atoms with Crippen LogP contribution in [0, 0.1) is 11.7 Å². The Morgan fingerprint density at radius 2 is 2.27 bits per heavy atom. The van der Waals surface area contributed by atoms with Crippen molar-refractivity contribution < 1.29 is 14.2 Å². The van der Waals surface area contributed by atoms with Crippen LogP contribution < -0.4 is 10.5 Å². The molecule has 1 atom stereocenters. The molecule has 15 heavy (non-hydrogen) atoms.